The van der Waals surface area contributed by atoms with Gasteiger partial charge in [-0.25, -0.2) is 0 Å². The molecule has 17 heavy (non-hydrogen) atoms. The molecule has 1 unspecified atom stereocenters. The molecule has 2 aromatic rings. The second-order valence-corrected chi connectivity index (χ2v) is 7.63. The Kier molecular flexibility index (Phi) is 5.24. The topological polar surface area (TPSA) is 12.0 Å². The molecule has 0 aliphatic heterocycles. The molecule has 2 aromatic heterocycles. The number of nitrogens with one attached hydrogen (secondary N) is 1. The molecular formula is C12H13Br2NS2. The molecule has 0 amide bonds. The van der Waals surface area contributed by atoms with Crippen LogP contribution in [0.15, 0.2) is 30.5 Å². The van der Waals surface area contributed by atoms with Crippen molar-refractivity contribution in [3.63, 3.8) is 0 Å². The van der Waals surface area contributed by atoms with Gasteiger partial charge in [-0.15, -0.1) is 11.3 Å². The van der Waals surface area contributed by atoms with Gasteiger partial charge in [0.25, 0.3) is 0 Å². The number of rotatable bonds is 5. The van der Waals surface area contributed by atoms with Gasteiger partial charge in [-0.1, -0.05) is 6.92 Å². The van der Waals surface area contributed by atoms with E-state index in [1.54, 1.807) is 22.7 Å². The minimum atomic E-state index is 0.290. The van der Waals surface area contributed by atoms with Crippen molar-refractivity contribution in [3.05, 3.63) is 41.6 Å². The Morgan fingerprint density at radius 1 is 1.29 bits per heavy atom. The van der Waals surface area contributed by atoms with Gasteiger partial charge in [0, 0.05) is 9.85 Å². The van der Waals surface area contributed by atoms with Crippen LogP contribution in [0.3, 0.4) is 0 Å². The lowest BCUT2D eigenvalue weighted by molar-refractivity contribution is 0.599. The first-order valence-electron chi connectivity index (χ1n) is 5.41. The van der Waals surface area contributed by atoms with Gasteiger partial charge in [0.2, 0.25) is 0 Å². The zero-order valence-electron chi connectivity index (χ0n) is 9.37. The monoisotopic (exact) mass is 393 g/mol. The van der Waals surface area contributed by atoms with E-state index in [0.717, 1.165) is 13.0 Å². The van der Waals surface area contributed by atoms with E-state index in [1.165, 1.54) is 19.4 Å². The minimum Gasteiger partial charge on any atom is -0.306 e. The molecule has 0 saturated carbocycles. The molecule has 1 atom stereocenters. The van der Waals surface area contributed by atoms with Gasteiger partial charge in [0.05, 0.1) is 9.83 Å². The molecule has 0 spiro atoms. The number of hydrogen-bond acceptors (Lipinski definition) is 3. The van der Waals surface area contributed by atoms with Crippen LogP contribution >= 0.6 is 54.5 Å². The number of hydrogen-bond donors (Lipinski definition) is 1. The van der Waals surface area contributed by atoms with E-state index in [2.05, 4.69) is 66.3 Å². The third-order valence-electron chi connectivity index (χ3n) is 2.47. The fourth-order valence-electron chi connectivity index (χ4n) is 1.67. The SMILES string of the molecule is CCCNC(c1csc(Br)c1)c1cscc1Br. The molecule has 0 aliphatic carbocycles. The molecular weight excluding hydrogens is 382 g/mol. The summed E-state index contributed by atoms with van der Waals surface area (Å²) in [4.78, 5) is 0. The molecule has 5 heteroatoms. The van der Waals surface area contributed by atoms with E-state index in [4.69, 9.17) is 0 Å². The van der Waals surface area contributed by atoms with Gasteiger partial charge in [-0.2, -0.15) is 11.3 Å². The molecule has 0 saturated heterocycles. The molecule has 0 radical (unpaired) electrons. The zero-order valence-corrected chi connectivity index (χ0v) is 14.2. The van der Waals surface area contributed by atoms with Crippen LogP contribution in [0.2, 0.25) is 0 Å². The van der Waals surface area contributed by atoms with Crippen LogP contribution in [0.1, 0.15) is 30.5 Å². The van der Waals surface area contributed by atoms with Crippen molar-refractivity contribution in [1.29, 1.82) is 0 Å². The van der Waals surface area contributed by atoms with E-state index >= 15 is 0 Å². The van der Waals surface area contributed by atoms with Gasteiger partial charge < -0.3 is 5.32 Å². The average Bonchev–Trinajstić information content (AvgIpc) is 2.90. The Morgan fingerprint density at radius 3 is 2.65 bits per heavy atom. The van der Waals surface area contributed by atoms with Crippen LogP contribution in [0.5, 0.6) is 0 Å². The van der Waals surface area contributed by atoms with Crippen LogP contribution in [0.4, 0.5) is 0 Å². The second-order valence-electron chi connectivity index (χ2n) is 3.75. The quantitative estimate of drug-likeness (QED) is 0.713. The second kappa shape index (κ2) is 6.48. The third kappa shape index (κ3) is 3.41. The summed E-state index contributed by atoms with van der Waals surface area (Å²) in [7, 11) is 0. The maximum absolute atomic E-state index is 3.63. The van der Waals surface area contributed by atoms with E-state index in [9.17, 15) is 0 Å². The highest BCUT2D eigenvalue weighted by molar-refractivity contribution is 9.11. The summed E-state index contributed by atoms with van der Waals surface area (Å²) in [5.74, 6) is 0. The Bertz CT molecular complexity index is 478. The van der Waals surface area contributed by atoms with Gasteiger partial charge in [-0.05, 0) is 72.8 Å². The average molecular weight is 395 g/mol. The Balaban J connectivity index is 2.28. The van der Waals surface area contributed by atoms with Gasteiger partial charge in [0.1, 0.15) is 0 Å². The van der Waals surface area contributed by atoms with E-state index in [-0.39, 0.29) is 6.04 Å². The van der Waals surface area contributed by atoms with Crippen molar-refractivity contribution in [2.45, 2.75) is 19.4 Å². The highest BCUT2D eigenvalue weighted by Crippen LogP contribution is 2.34. The summed E-state index contributed by atoms with van der Waals surface area (Å²) < 4.78 is 2.38. The normalized spacial score (nSPS) is 12.9. The van der Waals surface area contributed by atoms with Gasteiger partial charge >= 0.3 is 0 Å². The van der Waals surface area contributed by atoms with E-state index in [0.29, 0.717) is 0 Å². The summed E-state index contributed by atoms with van der Waals surface area (Å²) in [6.45, 7) is 3.22. The van der Waals surface area contributed by atoms with Gasteiger partial charge in [-0.3, -0.25) is 0 Å². The van der Waals surface area contributed by atoms with Crippen LogP contribution < -0.4 is 5.32 Å². The van der Waals surface area contributed by atoms with Crippen molar-refractivity contribution >= 4 is 54.5 Å². The third-order valence-corrected chi connectivity index (χ3v) is 5.75. The Hall–Kier alpha value is 0.320. The molecule has 2 heterocycles. The van der Waals surface area contributed by atoms with Gasteiger partial charge in [0.15, 0.2) is 0 Å². The fraction of sp³-hybridized carbons (Fsp3) is 0.333. The first-order chi connectivity index (χ1) is 8.22. The highest BCUT2D eigenvalue weighted by Gasteiger charge is 2.17. The standard InChI is InChI=1S/C12H13Br2NS2/c1-2-3-15-12(8-4-11(14)17-5-8)9-6-16-7-10(9)13/h4-7,12,15H,2-3H2,1H3. The molecule has 2 rings (SSSR count). The Labute approximate surface area is 127 Å². The highest BCUT2D eigenvalue weighted by atomic mass is 79.9. The van der Waals surface area contributed by atoms with E-state index in [1.807, 2.05) is 0 Å². The summed E-state index contributed by atoms with van der Waals surface area (Å²) >= 11 is 10.6. The lowest BCUT2D eigenvalue weighted by atomic mass is 10.0. The van der Waals surface area contributed by atoms with Crippen LogP contribution in [-0.2, 0) is 0 Å². The summed E-state index contributed by atoms with van der Waals surface area (Å²) in [5, 5.41) is 10.2. The molecule has 92 valence electrons. The smallest absolute Gasteiger partial charge is 0.0701 e. The van der Waals surface area contributed by atoms with Crippen molar-refractivity contribution in [3.8, 4) is 0 Å². The lowest BCUT2D eigenvalue weighted by Gasteiger charge is -2.17. The van der Waals surface area contributed by atoms with Crippen LogP contribution in [-0.4, -0.2) is 6.54 Å². The predicted molar refractivity (Wildman–Crippen MR) is 84.2 cm³/mol. The fourth-order valence-corrected chi connectivity index (χ4v) is 4.42. The van der Waals surface area contributed by atoms with Crippen molar-refractivity contribution in [1.82, 2.24) is 5.32 Å². The molecule has 0 bridgehead atoms. The summed E-state index contributed by atoms with van der Waals surface area (Å²) in [6, 6.07) is 2.49. The number of thiophene rings is 2. The molecule has 1 nitrogen and oxygen atoms in total. The Morgan fingerprint density at radius 2 is 2.12 bits per heavy atom. The molecule has 0 aliphatic rings. The van der Waals surface area contributed by atoms with Crippen molar-refractivity contribution in [2.24, 2.45) is 0 Å². The summed E-state index contributed by atoms with van der Waals surface area (Å²) in [6.07, 6.45) is 1.14. The zero-order chi connectivity index (χ0) is 12.3. The maximum Gasteiger partial charge on any atom is 0.0701 e. The van der Waals surface area contributed by atoms with Crippen LogP contribution in [0, 0.1) is 0 Å². The maximum atomic E-state index is 3.63. The summed E-state index contributed by atoms with van der Waals surface area (Å²) in [5.41, 5.74) is 2.66. The minimum absolute atomic E-state index is 0.290. The number of halogens is 2. The first-order valence-corrected chi connectivity index (χ1v) is 8.82. The van der Waals surface area contributed by atoms with E-state index < -0.39 is 0 Å². The van der Waals surface area contributed by atoms with Crippen molar-refractivity contribution in [2.75, 3.05) is 6.54 Å². The molecule has 0 aromatic carbocycles. The predicted octanol–water partition coefficient (Wildman–Crippen LogP) is 5.42. The largest absolute Gasteiger partial charge is 0.306 e. The van der Waals surface area contributed by atoms with Crippen LogP contribution in [0.25, 0.3) is 0 Å². The molecule has 0 fully saturated rings. The first kappa shape index (κ1) is 13.7. The molecule has 1 N–H and O–H groups in total. The lowest BCUT2D eigenvalue weighted by Crippen LogP contribution is -2.22. The van der Waals surface area contributed by atoms with Crippen molar-refractivity contribution < 1.29 is 0 Å².